The van der Waals surface area contributed by atoms with Crippen LogP contribution in [0.2, 0.25) is 0 Å². The van der Waals surface area contributed by atoms with E-state index in [4.69, 9.17) is 4.74 Å². The SMILES string of the molecule is Cc1ncccc1Oc1cncc(C2CCCN2C)n1. The predicted molar refractivity (Wildman–Crippen MR) is 75.7 cm³/mol. The molecule has 3 heterocycles. The predicted octanol–water partition coefficient (Wildman–Crippen LogP) is 2.74. The maximum Gasteiger partial charge on any atom is 0.238 e. The lowest BCUT2D eigenvalue weighted by molar-refractivity contribution is 0.308. The first kappa shape index (κ1) is 13.0. The molecule has 0 aliphatic carbocycles. The van der Waals surface area contributed by atoms with Gasteiger partial charge in [0, 0.05) is 6.20 Å². The Balaban J connectivity index is 1.83. The molecule has 0 amide bonds. The minimum absolute atomic E-state index is 0.348. The lowest BCUT2D eigenvalue weighted by atomic mass is 10.1. The summed E-state index contributed by atoms with van der Waals surface area (Å²) in [4.78, 5) is 15.4. The lowest BCUT2D eigenvalue weighted by Crippen LogP contribution is -2.18. The van der Waals surface area contributed by atoms with E-state index in [1.807, 2.05) is 25.3 Å². The van der Waals surface area contributed by atoms with Crippen molar-refractivity contribution in [2.75, 3.05) is 13.6 Å². The Hall–Kier alpha value is -2.01. The Labute approximate surface area is 118 Å². The highest BCUT2D eigenvalue weighted by Gasteiger charge is 2.24. The zero-order valence-corrected chi connectivity index (χ0v) is 11.8. The van der Waals surface area contributed by atoms with E-state index in [9.17, 15) is 0 Å². The number of aromatic nitrogens is 3. The smallest absolute Gasteiger partial charge is 0.238 e. The van der Waals surface area contributed by atoms with Crippen molar-refractivity contribution < 1.29 is 4.74 Å². The highest BCUT2D eigenvalue weighted by atomic mass is 16.5. The molecule has 0 spiro atoms. The minimum atomic E-state index is 0.348. The number of hydrogen-bond donors (Lipinski definition) is 0. The second-order valence-corrected chi connectivity index (χ2v) is 5.11. The molecule has 1 saturated heterocycles. The first-order valence-electron chi connectivity index (χ1n) is 6.85. The lowest BCUT2D eigenvalue weighted by Gasteiger charge is -2.18. The summed E-state index contributed by atoms with van der Waals surface area (Å²) < 4.78 is 5.79. The van der Waals surface area contributed by atoms with E-state index in [1.165, 1.54) is 6.42 Å². The van der Waals surface area contributed by atoms with E-state index in [0.717, 1.165) is 30.1 Å². The maximum atomic E-state index is 5.79. The molecule has 1 unspecified atom stereocenters. The fourth-order valence-electron chi connectivity index (χ4n) is 2.55. The van der Waals surface area contributed by atoms with Crippen LogP contribution in [0.1, 0.15) is 30.3 Å². The summed E-state index contributed by atoms with van der Waals surface area (Å²) in [7, 11) is 2.12. The average molecular weight is 270 g/mol. The zero-order chi connectivity index (χ0) is 13.9. The van der Waals surface area contributed by atoms with Crippen molar-refractivity contribution in [3.63, 3.8) is 0 Å². The first-order valence-corrected chi connectivity index (χ1v) is 6.85. The molecule has 2 aromatic heterocycles. The first-order chi connectivity index (χ1) is 9.74. The van der Waals surface area contributed by atoms with Gasteiger partial charge in [0.05, 0.1) is 29.8 Å². The molecule has 1 aliphatic rings. The summed E-state index contributed by atoms with van der Waals surface area (Å²) in [5.74, 6) is 1.25. The summed E-state index contributed by atoms with van der Waals surface area (Å²) in [6.45, 7) is 3.02. The highest BCUT2D eigenvalue weighted by molar-refractivity contribution is 5.29. The highest BCUT2D eigenvalue weighted by Crippen LogP contribution is 2.30. The van der Waals surface area contributed by atoms with E-state index in [0.29, 0.717) is 11.9 Å². The van der Waals surface area contributed by atoms with Crippen LogP contribution < -0.4 is 4.74 Å². The van der Waals surface area contributed by atoms with E-state index >= 15 is 0 Å². The number of likely N-dealkylation sites (tertiary alicyclic amines) is 1. The third kappa shape index (κ3) is 2.63. The summed E-state index contributed by atoms with van der Waals surface area (Å²) in [5, 5.41) is 0. The van der Waals surface area contributed by atoms with Gasteiger partial charge in [0.2, 0.25) is 5.88 Å². The molecule has 0 radical (unpaired) electrons. The van der Waals surface area contributed by atoms with Crippen LogP contribution in [-0.2, 0) is 0 Å². The van der Waals surface area contributed by atoms with Gasteiger partial charge in [-0.15, -0.1) is 0 Å². The van der Waals surface area contributed by atoms with Crippen molar-refractivity contribution in [2.45, 2.75) is 25.8 Å². The molecule has 5 nitrogen and oxygen atoms in total. The summed E-state index contributed by atoms with van der Waals surface area (Å²) in [6.07, 6.45) is 7.55. The van der Waals surface area contributed by atoms with Crippen LogP contribution in [0.25, 0.3) is 0 Å². The van der Waals surface area contributed by atoms with Crippen molar-refractivity contribution in [2.24, 2.45) is 0 Å². The molecule has 2 aromatic rings. The fraction of sp³-hybridized carbons (Fsp3) is 0.400. The molecule has 0 saturated carbocycles. The normalized spacial score (nSPS) is 19.2. The van der Waals surface area contributed by atoms with Crippen LogP contribution in [0.3, 0.4) is 0 Å². The Kier molecular flexibility index (Phi) is 3.60. The molecule has 0 aromatic carbocycles. The summed E-state index contributed by atoms with van der Waals surface area (Å²) in [5.41, 5.74) is 1.82. The monoisotopic (exact) mass is 270 g/mol. The average Bonchev–Trinajstić information content (AvgIpc) is 2.88. The third-order valence-corrected chi connectivity index (χ3v) is 3.67. The van der Waals surface area contributed by atoms with Crippen molar-refractivity contribution in [1.82, 2.24) is 19.9 Å². The molecule has 20 heavy (non-hydrogen) atoms. The molecule has 3 rings (SSSR count). The van der Waals surface area contributed by atoms with Gasteiger partial charge in [-0.05, 0) is 45.5 Å². The molecule has 104 valence electrons. The van der Waals surface area contributed by atoms with Gasteiger partial charge in [-0.2, -0.15) is 0 Å². The molecule has 0 bridgehead atoms. The van der Waals surface area contributed by atoms with Crippen molar-refractivity contribution in [3.8, 4) is 11.6 Å². The summed E-state index contributed by atoms with van der Waals surface area (Å²) >= 11 is 0. The Morgan fingerprint density at radius 2 is 2.25 bits per heavy atom. The zero-order valence-electron chi connectivity index (χ0n) is 11.8. The second-order valence-electron chi connectivity index (χ2n) is 5.11. The van der Waals surface area contributed by atoms with Crippen LogP contribution >= 0.6 is 0 Å². The number of ether oxygens (including phenoxy) is 1. The van der Waals surface area contributed by atoms with Crippen LogP contribution in [0.15, 0.2) is 30.7 Å². The molecule has 5 heteroatoms. The van der Waals surface area contributed by atoms with Crippen LogP contribution in [-0.4, -0.2) is 33.4 Å². The van der Waals surface area contributed by atoms with Crippen LogP contribution in [0, 0.1) is 6.92 Å². The van der Waals surface area contributed by atoms with E-state index in [2.05, 4.69) is 26.9 Å². The quantitative estimate of drug-likeness (QED) is 0.858. The molecule has 1 atom stereocenters. The van der Waals surface area contributed by atoms with Crippen molar-refractivity contribution in [3.05, 3.63) is 42.1 Å². The number of pyridine rings is 1. The van der Waals surface area contributed by atoms with E-state index < -0.39 is 0 Å². The molecule has 1 aliphatic heterocycles. The largest absolute Gasteiger partial charge is 0.436 e. The van der Waals surface area contributed by atoms with E-state index in [-0.39, 0.29) is 0 Å². The maximum absolute atomic E-state index is 5.79. The molecular weight excluding hydrogens is 252 g/mol. The van der Waals surface area contributed by atoms with Gasteiger partial charge < -0.3 is 4.74 Å². The minimum Gasteiger partial charge on any atom is -0.436 e. The van der Waals surface area contributed by atoms with E-state index in [1.54, 1.807) is 12.4 Å². The second kappa shape index (κ2) is 5.54. The Morgan fingerprint density at radius 1 is 1.35 bits per heavy atom. The topological polar surface area (TPSA) is 51.1 Å². The van der Waals surface area contributed by atoms with Gasteiger partial charge in [0.25, 0.3) is 0 Å². The number of hydrogen-bond acceptors (Lipinski definition) is 5. The molecular formula is C15H18N4O. The summed E-state index contributed by atoms with van der Waals surface area (Å²) in [6, 6.07) is 4.09. The molecule has 1 fully saturated rings. The number of nitrogens with zero attached hydrogens (tertiary/aromatic N) is 4. The van der Waals surface area contributed by atoms with Crippen LogP contribution in [0.4, 0.5) is 0 Å². The number of aryl methyl sites for hydroxylation is 1. The van der Waals surface area contributed by atoms with Gasteiger partial charge in [-0.1, -0.05) is 0 Å². The van der Waals surface area contributed by atoms with Gasteiger partial charge in [-0.25, -0.2) is 4.98 Å². The van der Waals surface area contributed by atoms with Gasteiger partial charge in [0.1, 0.15) is 0 Å². The van der Waals surface area contributed by atoms with Crippen LogP contribution in [0.5, 0.6) is 11.6 Å². The van der Waals surface area contributed by atoms with Gasteiger partial charge in [-0.3, -0.25) is 14.9 Å². The Bertz CT molecular complexity index is 602. The third-order valence-electron chi connectivity index (χ3n) is 3.67. The van der Waals surface area contributed by atoms with Crippen molar-refractivity contribution >= 4 is 0 Å². The number of rotatable bonds is 3. The standard InChI is InChI=1S/C15H18N4O/c1-11-14(6-3-7-17-11)20-15-10-16-9-12(18-15)13-5-4-8-19(13)2/h3,6-7,9-10,13H,4-5,8H2,1-2H3. The van der Waals surface area contributed by atoms with Gasteiger partial charge in [0.15, 0.2) is 5.75 Å². The van der Waals surface area contributed by atoms with Crippen molar-refractivity contribution in [1.29, 1.82) is 0 Å². The van der Waals surface area contributed by atoms with Gasteiger partial charge >= 0.3 is 0 Å². The Morgan fingerprint density at radius 3 is 3.00 bits per heavy atom. The molecule has 0 N–H and O–H groups in total. The fourth-order valence-corrected chi connectivity index (χ4v) is 2.55.